The Morgan fingerprint density at radius 3 is 2.56 bits per heavy atom. The fraction of sp³-hybridized carbons (Fsp3) is 0.238. The molecule has 0 bridgehead atoms. The van der Waals surface area contributed by atoms with Crippen LogP contribution in [0.5, 0.6) is 5.75 Å². The number of carbonyl (C=O) groups is 1. The molecule has 25 heavy (non-hydrogen) atoms. The lowest BCUT2D eigenvalue weighted by Crippen LogP contribution is -2.21. The van der Waals surface area contributed by atoms with E-state index in [-0.39, 0.29) is 5.91 Å². The first kappa shape index (κ1) is 17.0. The number of unbranched alkanes of at least 4 members (excludes halogenated alkanes) is 1. The first-order valence-corrected chi connectivity index (χ1v) is 8.59. The molecule has 2 aromatic rings. The molecule has 0 radical (unpaired) electrons. The maximum atomic E-state index is 12.8. The number of hydrogen-bond acceptors (Lipinski definition) is 3. The molecule has 1 aliphatic rings. The number of para-hydroxylation sites is 2. The van der Waals surface area contributed by atoms with Crippen molar-refractivity contribution in [2.24, 2.45) is 5.10 Å². The highest BCUT2D eigenvalue weighted by atomic mass is 16.5. The second-order valence-electron chi connectivity index (χ2n) is 5.94. The van der Waals surface area contributed by atoms with Crippen LogP contribution in [0.1, 0.15) is 32.3 Å². The van der Waals surface area contributed by atoms with Crippen LogP contribution in [0.25, 0.3) is 6.08 Å². The molecule has 4 heteroatoms. The summed E-state index contributed by atoms with van der Waals surface area (Å²) < 4.78 is 5.86. The van der Waals surface area contributed by atoms with Crippen molar-refractivity contribution >= 4 is 23.4 Å². The standard InChI is InChI=1S/C21H22N2O2/c1-3-4-14-25-20-13-9-8-10-17(20)15-19-16(2)22-23(21(19)24)18-11-6-5-7-12-18/h5-13,15H,3-4,14H2,1-2H3/b19-15+. The van der Waals surface area contributed by atoms with E-state index in [2.05, 4.69) is 12.0 Å². The van der Waals surface area contributed by atoms with Gasteiger partial charge in [-0.2, -0.15) is 10.1 Å². The average molecular weight is 334 g/mol. The van der Waals surface area contributed by atoms with Gasteiger partial charge in [-0.15, -0.1) is 0 Å². The number of carbonyl (C=O) groups excluding carboxylic acids is 1. The van der Waals surface area contributed by atoms with Gasteiger partial charge in [-0.05, 0) is 37.6 Å². The predicted molar refractivity (Wildman–Crippen MR) is 102 cm³/mol. The van der Waals surface area contributed by atoms with Crippen molar-refractivity contribution in [2.75, 3.05) is 11.6 Å². The molecule has 0 saturated heterocycles. The van der Waals surface area contributed by atoms with Gasteiger partial charge in [0, 0.05) is 5.56 Å². The predicted octanol–water partition coefficient (Wildman–Crippen LogP) is 4.67. The zero-order chi connectivity index (χ0) is 17.6. The summed E-state index contributed by atoms with van der Waals surface area (Å²) in [5.74, 6) is 0.675. The highest BCUT2D eigenvalue weighted by Gasteiger charge is 2.28. The van der Waals surface area contributed by atoms with Crippen LogP contribution in [-0.4, -0.2) is 18.2 Å². The lowest BCUT2D eigenvalue weighted by atomic mass is 10.1. The van der Waals surface area contributed by atoms with Crippen molar-refractivity contribution in [2.45, 2.75) is 26.7 Å². The highest BCUT2D eigenvalue weighted by molar-refractivity contribution is 6.32. The van der Waals surface area contributed by atoms with Crippen molar-refractivity contribution in [1.82, 2.24) is 0 Å². The van der Waals surface area contributed by atoms with Crippen LogP contribution in [0.2, 0.25) is 0 Å². The SMILES string of the molecule is CCCCOc1ccccc1/C=C1/C(=O)N(c2ccccc2)N=C1C. The zero-order valence-electron chi connectivity index (χ0n) is 14.6. The Kier molecular flexibility index (Phi) is 5.29. The van der Waals surface area contributed by atoms with E-state index in [1.807, 2.05) is 67.6 Å². The third kappa shape index (κ3) is 3.79. The van der Waals surface area contributed by atoms with Crippen molar-refractivity contribution in [3.8, 4) is 5.75 Å². The lowest BCUT2D eigenvalue weighted by molar-refractivity contribution is -0.114. The van der Waals surface area contributed by atoms with Gasteiger partial charge in [0.2, 0.25) is 0 Å². The number of anilines is 1. The van der Waals surface area contributed by atoms with E-state index in [1.165, 1.54) is 5.01 Å². The van der Waals surface area contributed by atoms with E-state index in [0.717, 1.165) is 29.8 Å². The van der Waals surface area contributed by atoms with Gasteiger partial charge in [0.1, 0.15) is 5.75 Å². The van der Waals surface area contributed by atoms with Crippen LogP contribution < -0.4 is 9.75 Å². The normalized spacial score (nSPS) is 15.6. The molecule has 1 amide bonds. The summed E-state index contributed by atoms with van der Waals surface area (Å²) >= 11 is 0. The number of rotatable bonds is 6. The molecule has 0 spiro atoms. The maximum Gasteiger partial charge on any atom is 0.280 e. The van der Waals surface area contributed by atoms with Crippen LogP contribution in [0.15, 0.2) is 65.3 Å². The average Bonchev–Trinajstić information content (AvgIpc) is 2.92. The highest BCUT2D eigenvalue weighted by Crippen LogP contribution is 2.27. The van der Waals surface area contributed by atoms with Gasteiger partial charge in [0.05, 0.1) is 23.6 Å². The Morgan fingerprint density at radius 1 is 1.08 bits per heavy atom. The van der Waals surface area contributed by atoms with Gasteiger partial charge in [-0.3, -0.25) is 4.79 Å². The van der Waals surface area contributed by atoms with Crippen molar-refractivity contribution in [3.05, 3.63) is 65.7 Å². The molecule has 4 nitrogen and oxygen atoms in total. The van der Waals surface area contributed by atoms with Crippen LogP contribution in [0.3, 0.4) is 0 Å². The van der Waals surface area contributed by atoms with E-state index >= 15 is 0 Å². The molecule has 1 heterocycles. The molecule has 0 aliphatic carbocycles. The van der Waals surface area contributed by atoms with E-state index in [9.17, 15) is 4.79 Å². The van der Waals surface area contributed by atoms with Crippen LogP contribution >= 0.6 is 0 Å². The molecule has 0 atom stereocenters. The van der Waals surface area contributed by atoms with Gasteiger partial charge in [0.15, 0.2) is 0 Å². The fourth-order valence-corrected chi connectivity index (χ4v) is 2.64. The largest absolute Gasteiger partial charge is 0.493 e. The monoisotopic (exact) mass is 334 g/mol. The van der Waals surface area contributed by atoms with Crippen molar-refractivity contribution in [3.63, 3.8) is 0 Å². The third-order valence-corrected chi connectivity index (χ3v) is 4.04. The molecule has 128 valence electrons. The molecule has 0 aromatic heterocycles. The molecule has 0 N–H and O–H groups in total. The quantitative estimate of drug-likeness (QED) is 0.569. The summed E-state index contributed by atoms with van der Waals surface area (Å²) in [6.45, 7) is 4.66. The summed E-state index contributed by atoms with van der Waals surface area (Å²) in [5, 5.41) is 5.86. The number of benzene rings is 2. The summed E-state index contributed by atoms with van der Waals surface area (Å²) in [5.41, 5.74) is 2.96. The summed E-state index contributed by atoms with van der Waals surface area (Å²) in [4.78, 5) is 12.8. The molecule has 2 aromatic carbocycles. The topological polar surface area (TPSA) is 41.9 Å². The number of hydrazone groups is 1. The fourth-order valence-electron chi connectivity index (χ4n) is 2.64. The van der Waals surface area contributed by atoms with E-state index in [4.69, 9.17) is 4.74 Å². The molecule has 0 unspecified atom stereocenters. The van der Waals surface area contributed by atoms with E-state index in [1.54, 1.807) is 0 Å². The second kappa shape index (κ2) is 7.79. The van der Waals surface area contributed by atoms with Crippen molar-refractivity contribution < 1.29 is 9.53 Å². The smallest absolute Gasteiger partial charge is 0.280 e. The number of amides is 1. The van der Waals surface area contributed by atoms with Gasteiger partial charge in [-0.25, -0.2) is 0 Å². The third-order valence-electron chi connectivity index (χ3n) is 4.04. The van der Waals surface area contributed by atoms with Crippen LogP contribution in [0, 0.1) is 0 Å². The Balaban J connectivity index is 1.87. The minimum atomic E-state index is -0.118. The number of ether oxygens (including phenoxy) is 1. The molecular weight excluding hydrogens is 312 g/mol. The lowest BCUT2D eigenvalue weighted by Gasteiger charge is -2.11. The first-order chi connectivity index (χ1) is 12.2. The minimum Gasteiger partial charge on any atom is -0.493 e. The molecule has 0 saturated carbocycles. The van der Waals surface area contributed by atoms with Gasteiger partial charge >= 0.3 is 0 Å². The molecule has 0 fully saturated rings. The Hall–Kier alpha value is -2.88. The zero-order valence-corrected chi connectivity index (χ0v) is 14.6. The molecular formula is C21H22N2O2. The first-order valence-electron chi connectivity index (χ1n) is 8.59. The maximum absolute atomic E-state index is 12.8. The summed E-state index contributed by atoms with van der Waals surface area (Å²) in [7, 11) is 0. The molecule has 1 aliphatic heterocycles. The number of hydrogen-bond donors (Lipinski definition) is 0. The van der Waals surface area contributed by atoms with Gasteiger partial charge in [-0.1, -0.05) is 49.7 Å². The van der Waals surface area contributed by atoms with Crippen molar-refractivity contribution in [1.29, 1.82) is 0 Å². The van der Waals surface area contributed by atoms with Gasteiger partial charge < -0.3 is 4.74 Å². The summed E-state index contributed by atoms with van der Waals surface area (Å²) in [6.07, 6.45) is 3.96. The Bertz CT molecular complexity index is 810. The van der Waals surface area contributed by atoms with E-state index < -0.39 is 0 Å². The Morgan fingerprint density at radius 2 is 1.80 bits per heavy atom. The van der Waals surface area contributed by atoms with Gasteiger partial charge in [0.25, 0.3) is 5.91 Å². The van der Waals surface area contributed by atoms with Crippen LogP contribution in [0.4, 0.5) is 5.69 Å². The number of nitrogens with zero attached hydrogens (tertiary/aromatic N) is 2. The van der Waals surface area contributed by atoms with Crippen LogP contribution in [-0.2, 0) is 4.79 Å². The Labute approximate surface area is 148 Å². The van der Waals surface area contributed by atoms with E-state index in [0.29, 0.717) is 17.9 Å². The summed E-state index contributed by atoms with van der Waals surface area (Å²) in [6, 6.07) is 17.2. The molecule has 3 rings (SSSR count). The second-order valence-corrected chi connectivity index (χ2v) is 5.94. The minimum absolute atomic E-state index is 0.118.